The highest BCUT2D eigenvalue weighted by atomic mass is 16.5. The molecule has 1 aliphatic rings. The van der Waals surface area contributed by atoms with Gasteiger partial charge in [-0.05, 0) is 17.4 Å². The Morgan fingerprint density at radius 1 is 1.37 bits per heavy atom. The number of nitrogens with two attached hydrogens (primary N) is 1. The van der Waals surface area contributed by atoms with Crippen molar-refractivity contribution >= 4 is 0 Å². The van der Waals surface area contributed by atoms with E-state index in [1.165, 1.54) is 5.56 Å². The minimum Gasteiger partial charge on any atom is -0.380 e. The SMILES string of the molecule is COC1CCN(CC(C)(C)C(N)c2ccccc2)C1. The summed E-state index contributed by atoms with van der Waals surface area (Å²) < 4.78 is 5.43. The van der Waals surface area contributed by atoms with Gasteiger partial charge in [0.2, 0.25) is 0 Å². The Balaban J connectivity index is 1.98. The van der Waals surface area contributed by atoms with E-state index in [0.29, 0.717) is 6.10 Å². The summed E-state index contributed by atoms with van der Waals surface area (Å²) in [6, 6.07) is 10.5. The van der Waals surface area contributed by atoms with Crippen LogP contribution in [0.4, 0.5) is 0 Å². The van der Waals surface area contributed by atoms with Crippen LogP contribution in [-0.4, -0.2) is 37.7 Å². The lowest BCUT2D eigenvalue weighted by atomic mass is 9.80. The third-order valence-electron chi connectivity index (χ3n) is 4.19. The molecule has 0 radical (unpaired) electrons. The smallest absolute Gasteiger partial charge is 0.0710 e. The minimum atomic E-state index is 0.0595. The first-order valence-electron chi connectivity index (χ1n) is 7.08. The minimum absolute atomic E-state index is 0.0595. The van der Waals surface area contributed by atoms with Crippen LogP contribution in [0.5, 0.6) is 0 Å². The van der Waals surface area contributed by atoms with Crippen molar-refractivity contribution in [1.82, 2.24) is 4.90 Å². The van der Waals surface area contributed by atoms with Gasteiger partial charge in [-0.15, -0.1) is 0 Å². The van der Waals surface area contributed by atoms with E-state index in [2.05, 4.69) is 43.0 Å². The second-order valence-electron chi connectivity index (χ2n) is 6.26. The molecular weight excluding hydrogens is 236 g/mol. The maximum atomic E-state index is 6.46. The molecule has 0 aromatic heterocycles. The summed E-state index contributed by atoms with van der Waals surface area (Å²) in [6.07, 6.45) is 1.52. The Bertz CT molecular complexity index is 391. The maximum Gasteiger partial charge on any atom is 0.0710 e. The lowest BCUT2D eigenvalue weighted by Gasteiger charge is -2.35. The zero-order valence-electron chi connectivity index (χ0n) is 12.3. The van der Waals surface area contributed by atoms with Gasteiger partial charge in [-0.25, -0.2) is 0 Å². The van der Waals surface area contributed by atoms with Crippen LogP contribution >= 0.6 is 0 Å². The van der Waals surface area contributed by atoms with Gasteiger partial charge in [0.1, 0.15) is 0 Å². The van der Waals surface area contributed by atoms with Crippen LogP contribution in [0.25, 0.3) is 0 Å². The molecule has 2 unspecified atom stereocenters. The van der Waals surface area contributed by atoms with Crippen molar-refractivity contribution in [2.24, 2.45) is 11.1 Å². The lowest BCUT2D eigenvalue weighted by Crippen LogP contribution is -2.40. The Morgan fingerprint density at radius 2 is 2.05 bits per heavy atom. The molecule has 0 aliphatic carbocycles. The van der Waals surface area contributed by atoms with Crippen molar-refractivity contribution in [3.8, 4) is 0 Å². The first-order chi connectivity index (χ1) is 9.03. The summed E-state index contributed by atoms with van der Waals surface area (Å²) in [7, 11) is 1.80. The van der Waals surface area contributed by atoms with E-state index in [0.717, 1.165) is 26.1 Å². The number of rotatable bonds is 5. The monoisotopic (exact) mass is 262 g/mol. The molecule has 3 nitrogen and oxygen atoms in total. The number of likely N-dealkylation sites (tertiary alicyclic amines) is 1. The third-order valence-corrected chi connectivity index (χ3v) is 4.19. The summed E-state index contributed by atoms with van der Waals surface area (Å²) >= 11 is 0. The van der Waals surface area contributed by atoms with E-state index in [-0.39, 0.29) is 11.5 Å². The van der Waals surface area contributed by atoms with Crippen molar-refractivity contribution in [2.75, 3.05) is 26.7 Å². The second kappa shape index (κ2) is 6.04. The molecule has 2 N–H and O–H groups in total. The Hall–Kier alpha value is -0.900. The number of ether oxygens (including phenoxy) is 1. The van der Waals surface area contributed by atoms with Crippen molar-refractivity contribution in [3.63, 3.8) is 0 Å². The number of nitrogens with zero attached hydrogens (tertiary/aromatic N) is 1. The molecule has 1 aromatic rings. The zero-order valence-corrected chi connectivity index (χ0v) is 12.3. The van der Waals surface area contributed by atoms with E-state index in [1.807, 2.05) is 6.07 Å². The molecule has 2 rings (SSSR count). The van der Waals surface area contributed by atoms with Crippen LogP contribution in [0.15, 0.2) is 30.3 Å². The largest absolute Gasteiger partial charge is 0.380 e. The Kier molecular flexibility index (Phi) is 4.61. The first-order valence-corrected chi connectivity index (χ1v) is 7.08. The summed E-state index contributed by atoms with van der Waals surface area (Å²) in [5.74, 6) is 0. The predicted molar refractivity (Wildman–Crippen MR) is 79.0 cm³/mol. The van der Waals surface area contributed by atoms with E-state index in [1.54, 1.807) is 7.11 Å². The van der Waals surface area contributed by atoms with Gasteiger partial charge in [-0.3, -0.25) is 0 Å². The molecule has 0 saturated carbocycles. The Morgan fingerprint density at radius 3 is 2.63 bits per heavy atom. The second-order valence-corrected chi connectivity index (χ2v) is 6.26. The summed E-state index contributed by atoms with van der Waals surface area (Å²) in [6.45, 7) is 7.67. The van der Waals surface area contributed by atoms with Gasteiger partial charge in [-0.1, -0.05) is 44.2 Å². The molecule has 1 aromatic carbocycles. The van der Waals surface area contributed by atoms with E-state index < -0.39 is 0 Å². The molecule has 2 atom stereocenters. The standard InChI is InChI=1S/C16H26N2O/c1-16(2,12-18-10-9-14(11-18)19-3)15(17)13-7-5-4-6-8-13/h4-8,14-15H,9-12,17H2,1-3H3. The topological polar surface area (TPSA) is 38.5 Å². The molecule has 0 bridgehead atoms. The molecular formula is C16H26N2O. The van der Waals surface area contributed by atoms with Crippen LogP contribution in [0.3, 0.4) is 0 Å². The summed E-state index contributed by atoms with van der Waals surface area (Å²) in [4.78, 5) is 2.47. The molecule has 1 aliphatic heterocycles. The quantitative estimate of drug-likeness (QED) is 0.885. The predicted octanol–water partition coefficient (Wildman–Crippen LogP) is 2.43. The van der Waals surface area contributed by atoms with Crippen LogP contribution in [-0.2, 0) is 4.74 Å². The van der Waals surface area contributed by atoms with E-state index in [9.17, 15) is 0 Å². The van der Waals surface area contributed by atoms with Gasteiger partial charge in [0.15, 0.2) is 0 Å². The molecule has 19 heavy (non-hydrogen) atoms. The average Bonchev–Trinajstić information content (AvgIpc) is 2.85. The number of benzene rings is 1. The van der Waals surface area contributed by atoms with E-state index in [4.69, 9.17) is 10.5 Å². The molecule has 3 heteroatoms. The number of methoxy groups -OCH3 is 1. The average molecular weight is 262 g/mol. The molecule has 1 fully saturated rings. The Labute approximate surface area is 116 Å². The van der Waals surface area contributed by atoms with Crippen LogP contribution in [0.1, 0.15) is 31.9 Å². The van der Waals surface area contributed by atoms with Crippen LogP contribution in [0, 0.1) is 5.41 Å². The highest BCUT2D eigenvalue weighted by molar-refractivity contribution is 5.20. The fourth-order valence-corrected chi connectivity index (χ4v) is 2.92. The highest BCUT2D eigenvalue weighted by Crippen LogP contribution is 2.33. The zero-order chi connectivity index (χ0) is 13.9. The van der Waals surface area contributed by atoms with Crippen molar-refractivity contribution in [2.45, 2.75) is 32.4 Å². The van der Waals surface area contributed by atoms with Gasteiger partial charge in [0, 0.05) is 32.8 Å². The normalized spacial score (nSPS) is 22.6. The fraction of sp³-hybridized carbons (Fsp3) is 0.625. The molecule has 0 amide bonds. The van der Waals surface area contributed by atoms with Gasteiger partial charge < -0.3 is 15.4 Å². The fourth-order valence-electron chi connectivity index (χ4n) is 2.92. The molecule has 0 spiro atoms. The van der Waals surface area contributed by atoms with Crippen molar-refractivity contribution in [1.29, 1.82) is 0 Å². The maximum absolute atomic E-state index is 6.46. The van der Waals surface area contributed by atoms with Crippen molar-refractivity contribution in [3.05, 3.63) is 35.9 Å². The molecule has 1 heterocycles. The molecule has 1 saturated heterocycles. The van der Waals surface area contributed by atoms with Gasteiger partial charge >= 0.3 is 0 Å². The van der Waals surface area contributed by atoms with Gasteiger partial charge in [-0.2, -0.15) is 0 Å². The number of hydrogen-bond acceptors (Lipinski definition) is 3. The van der Waals surface area contributed by atoms with Crippen LogP contribution < -0.4 is 5.73 Å². The first kappa shape index (κ1) is 14.5. The highest BCUT2D eigenvalue weighted by Gasteiger charge is 2.32. The van der Waals surface area contributed by atoms with Gasteiger partial charge in [0.25, 0.3) is 0 Å². The number of hydrogen-bond donors (Lipinski definition) is 1. The molecule has 106 valence electrons. The summed E-state index contributed by atoms with van der Waals surface area (Å²) in [5, 5.41) is 0. The van der Waals surface area contributed by atoms with Crippen LogP contribution in [0.2, 0.25) is 0 Å². The van der Waals surface area contributed by atoms with Gasteiger partial charge in [0.05, 0.1) is 6.10 Å². The van der Waals surface area contributed by atoms with Crippen molar-refractivity contribution < 1.29 is 4.74 Å². The summed E-state index contributed by atoms with van der Waals surface area (Å²) in [5.41, 5.74) is 7.74. The third kappa shape index (κ3) is 3.56. The lowest BCUT2D eigenvalue weighted by molar-refractivity contribution is 0.0976. The van der Waals surface area contributed by atoms with E-state index >= 15 is 0 Å².